The highest BCUT2D eigenvalue weighted by molar-refractivity contribution is 5.79. The summed E-state index contributed by atoms with van der Waals surface area (Å²) in [5.41, 5.74) is 0. The first-order chi connectivity index (χ1) is 7.15. The molecule has 1 saturated heterocycles. The van der Waals surface area contributed by atoms with Crippen LogP contribution in [0.15, 0.2) is 0 Å². The van der Waals surface area contributed by atoms with Crippen molar-refractivity contribution in [2.75, 3.05) is 19.8 Å². The zero-order valence-electron chi connectivity index (χ0n) is 9.53. The maximum absolute atomic E-state index is 11.8. The van der Waals surface area contributed by atoms with Gasteiger partial charge in [-0.3, -0.25) is 4.79 Å². The second-order valence-corrected chi connectivity index (χ2v) is 4.43. The van der Waals surface area contributed by atoms with Crippen LogP contribution in [-0.4, -0.2) is 36.9 Å². The van der Waals surface area contributed by atoms with Gasteiger partial charge in [0.05, 0.1) is 12.6 Å². The van der Waals surface area contributed by atoms with Crippen molar-refractivity contribution in [2.45, 2.75) is 32.7 Å². The van der Waals surface area contributed by atoms with E-state index in [0.717, 1.165) is 12.8 Å². The lowest BCUT2D eigenvalue weighted by Gasteiger charge is -2.25. The SMILES string of the molecule is CC(C)[C@@H](CO)NC(=O)C1CCOCC1. The van der Waals surface area contributed by atoms with Crippen LogP contribution in [0.25, 0.3) is 0 Å². The second-order valence-electron chi connectivity index (χ2n) is 4.43. The van der Waals surface area contributed by atoms with Gasteiger partial charge in [0.1, 0.15) is 0 Å². The number of ether oxygens (including phenoxy) is 1. The molecule has 2 N–H and O–H groups in total. The summed E-state index contributed by atoms with van der Waals surface area (Å²) in [6, 6.07) is -0.125. The molecule has 1 aliphatic rings. The molecule has 0 bridgehead atoms. The number of carbonyl (C=O) groups is 1. The van der Waals surface area contributed by atoms with E-state index < -0.39 is 0 Å². The molecule has 1 atom stereocenters. The third-order valence-electron chi connectivity index (χ3n) is 2.92. The monoisotopic (exact) mass is 215 g/mol. The molecule has 0 spiro atoms. The van der Waals surface area contributed by atoms with Crippen LogP contribution in [0.3, 0.4) is 0 Å². The van der Waals surface area contributed by atoms with Crippen molar-refractivity contribution in [3.63, 3.8) is 0 Å². The third-order valence-corrected chi connectivity index (χ3v) is 2.92. The topological polar surface area (TPSA) is 58.6 Å². The molecule has 88 valence electrons. The molecular weight excluding hydrogens is 194 g/mol. The molecule has 4 nitrogen and oxygen atoms in total. The second kappa shape index (κ2) is 6.08. The van der Waals surface area contributed by atoms with E-state index in [1.165, 1.54) is 0 Å². The highest BCUT2D eigenvalue weighted by atomic mass is 16.5. The van der Waals surface area contributed by atoms with E-state index in [4.69, 9.17) is 9.84 Å². The molecular formula is C11H21NO3. The van der Waals surface area contributed by atoms with Crippen molar-refractivity contribution >= 4 is 5.91 Å². The Kier molecular flexibility index (Phi) is 5.05. The number of carbonyl (C=O) groups excluding carboxylic acids is 1. The Bertz CT molecular complexity index is 200. The third kappa shape index (κ3) is 3.80. The van der Waals surface area contributed by atoms with Crippen molar-refractivity contribution in [1.82, 2.24) is 5.32 Å². The average Bonchev–Trinajstić information content (AvgIpc) is 2.26. The van der Waals surface area contributed by atoms with Gasteiger partial charge in [-0.05, 0) is 18.8 Å². The van der Waals surface area contributed by atoms with E-state index in [9.17, 15) is 4.79 Å². The fraction of sp³-hybridized carbons (Fsp3) is 0.909. The molecule has 0 aromatic carbocycles. The van der Waals surface area contributed by atoms with Gasteiger partial charge in [0.2, 0.25) is 5.91 Å². The Labute approximate surface area is 91.0 Å². The molecule has 1 aliphatic heterocycles. The Morgan fingerprint density at radius 2 is 2.07 bits per heavy atom. The van der Waals surface area contributed by atoms with Crippen LogP contribution < -0.4 is 5.32 Å². The molecule has 1 fully saturated rings. The van der Waals surface area contributed by atoms with Crippen LogP contribution in [0.5, 0.6) is 0 Å². The van der Waals surface area contributed by atoms with Gasteiger partial charge in [0, 0.05) is 19.1 Å². The first kappa shape index (κ1) is 12.5. The zero-order valence-corrected chi connectivity index (χ0v) is 9.53. The molecule has 0 aromatic heterocycles. The van der Waals surface area contributed by atoms with Crippen molar-refractivity contribution in [2.24, 2.45) is 11.8 Å². The van der Waals surface area contributed by atoms with Gasteiger partial charge in [-0.2, -0.15) is 0 Å². The van der Waals surface area contributed by atoms with Crippen LogP contribution in [0, 0.1) is 11.8 Å². The molecule has 4 heteroatoms. The van der Waals surface area contributed by atoms with E-state index in [-0.39, 0.29) is 30.4 Å². The first-order valence-electron chi connectivity index (χ1n) is 5.64. The lowest BCUT2D eigenvalue weighted by atomic mass is 9.97. The van der Waals surface area contributed by atoms with Gasteiger partial charge in [0.15, 0.2) is 0 Å². The van der Waals surface area contributed by atoms with Gasteiger partial charge in [0.25, 0.3) is 0 Å². The summed E-state index contributed by atoms with van der Waals surface area (Å²) in [6.07, 6.45) is 1.59. The summed E-state index contributed by atoms with van der Waals surface area (Å²) in [7, 11) is 0. The molecule has 0 radical (unpaired) electrons. The minimum atomic E-state index is -0.125. The average molecular weight is 215 g/mol. The van der Waals surface area contributed by atoms with Crippen molar-refractivity contribution in [3.05, 3.63) is 0 Å². The highest BCUT2D eigenvalue weighted by Crippen LogP contribution is 2.15. The first-order valence-corrected chi connectivity index (χ1v) is 5.64. The summed E-state index contributed by atoms with van der Waals surface area (Å²) < 4.78 is 5.20. The minimum Gasteiger partial charge on any atom is -0.394 e. The Hall–Kier alpha value is -0.610. The maximum atomic E-state index is 11.8. The highest BCUT2D eigenvalue weighted by Gasteiger charge is 2.24. The van der Waals surface area contributed by atoms with Gasteiger partial charge in [-0.1, -0.05) is 13.8 Å². The summed E-state index contributed by atoms with van der Waals surface area (Å²) in [4.78, 5) is 11.8. The van der Waals surface area contributed by atoms with E-state index in [1.54, 1.807) is 0 Å². The van der Waals surface area contributed by atoms with Crippen LogP contribution in [0.2, 0.25) is 0 Å². The summed E-state index contributed by atoms with van der Waals surface area (Å²) in [6.45, 7) is 5.33. The molecule has 0 saturated carbocycles. The van der Waals surface area contributed by atoms with Gasteiger partial charge < -0.3 is 15.2 Å². The normalized spacial score (nSPS) is 20.3. The largest absolute Gasteiger partial charge is 0.394 e. The fourth-order valence-electron chi connectivity index (χ4n) is 1.68. The molecule has 1 heterocycles. The zero-order chi connectivity index (χ0) is 11.3. The van der Waals surface area contributed by atoms with Gasteiger partial charge in [-0.25, -0.2) is 0 Å². The Balaban J connectivity index is 2.38. The summed E-state index contributed by atoms with van der Waals surface area (Å²) >= 11 is 0. The number of nitrogens with one attached hydrogen (secondary N) is 1. The number of amides is 1. The van der Waals surface area contributed by atoms with Gasteiger partial charge in [-0.15, -0.1) is 0 Å². The predicted molar refractivity (Wildman–Crippen MR) is 57.4 cm³/mol. The predicted octanol–water partition coefficient (Wildman–Crippen LogP) is 0.546. The molecule has 0 aliphatic carbocycles. The van der Waals surface area contributed by atoms with Crippen LogP contribution in [-0.2, 0) is 9.53 Å². The number of hydrogen-bond acceptors (Lipinski definition) is 3. The standard InChI is InChI=1S/C11H21NO3/c1-8(2)10(7-13)12-11(14)9-3-5-15-6-4-9/h8-10,13H,3-7H2,1-2H3,(H,12,14)/t10-/m1/s1. The van der Waals surface area contributed by atoms with E-state index in [1.807, 2.05) is 13.8 Å². The number of aliphatic hydroxyl groups excluding tert-OH is 1. The number of rotatable bonds is 4. The Morgan fingerprint density at radius 1 is 1.47 bits per heavy atom. The minimum absolute atomic E-state index is 0.00657. The van der Waals surface area contributed by atoms with Crippen LogP contribution in [0.4, 0.5) is 0 Å². The lowest BCUT2D eigenvalue weighted by molar-refractivity contribution is -0.129. The van der Waals surface area contributed by atoms with Crippen molar-refractivity contribution in [1.29, 1.82) is 0 Å². The molecule has 15 heavy (non-hydrogen) atoms. The van der Waals surface area contributed by atoms with Crippen molar-refractivity contribution < 1.29 is 14.6 Å². The van der Waals surface area contributed by atoms with Crippen molar-refractivity contribution in [3.8, 4) is 0 Å². The lowest BCUT2D eigenvalue weighted by Crippen LogP contribution is -2.45. The molecule has 1 rings (SSSR count). The van der Waals surface area contributed by atoms with E-state index >= 15 is 0 Å². The van der Waals surface area contributed by atoms with Crippen LogP contribution >= 0.6 is 0 Å². The van der Waals surface area contributed by atoms with E-state index in [2.05, 4.69) is 5.32 Å². The summed E-state index contributed by atoms with van der Waals surface area (Å²) in [5, 5.41) is 12.0. The van der Waals surface area contributed by atoms with Gasteiger partial charge >= 0.3 is 0 Å². The fourth-order valence-corrected chi connectivity index (χ4v) is 1.68. The maximum Gasteiger partial charge on any atom is 0.223 e. The van der Waals surface area contributed by atoms with E-state index in [0.29, 0.717) is 13.2 Å². The summed E-state index contributed by atoms with van der Waals surface area (Å²) in [5.74, 6) is 0.386. The molecule has 0 unspecified atom stereocenters. The number of aliphatic hydroxyl groups is 1. The molecule has 0 aromatic rings. The smallest absolute Gasteiger partial charge is 0.223 e. The Morgan fingerprint density at radius 3 is 2.53 bits per heavy atom. The van der Waals surface area contributed by atoms with Crippen LogP contribution in [0.1, 0.15) is 26.7 Å². The number of hydrogen-bond donors (Lipinski definition) is 2. The molecule has 1 amide bonds. The quantitative estimate of drug-likeness (QED) is 0.720.